The Balaban J connectivity index is 0. The average molecular weight is 165 g/mol. The highest BCUT2D eigenvalue weighted by atomic mass is 19.0. The molecule has 0 amide bonds. The minimum Gasteiger partial charge on any atom is -0.368 e. The van der Waals surface area contributed by atoms with E-state index in [-0.39, 0.29) is 13.1 Å². The predicted octanol–water partition coefficient (Wildman–Crippen LogP) is 1.80. The number of rotatable bonds is 0. The van der Waals surface area contributed by atoms with Gasteiger partial charge in [-0.25, -0.2) is 0 Å². The van der Waals surface area contributed by atoms with Gasteiger partial charge in [-0.15, -0.1) is 0 Å². The van der Waals surface area contributed by atoms with Crippen molar-refractivity contribution in [1.29, 1.82) is 0 Å². The molecule has 2 aromatic heterocycles. The van der Waals surface area contributed by atoms with Crippen molar-refractivity contribution < 1.29 is 4.70 Å². The van der Waals surface area contributed by atoms with Crippen molar-refractivity contribution in [2.45, 2.75) is 0 Å². The van der Waals surface area contributed by atoms with Crippen LogP contribution in [0.25, 0.3) is 0 Å². The molecule has 2 rings (SSSR count). The van der Waals surface area contributed by atoms with Crippen molar-refractivity contribution in [2.75, 3.05) is 0 Å². The first-order valence-corrected chi connectivity index (χ1v) is 3.15. The van der Waals surface area contributed by atoms with E-state index >= 15 is 0 Å². The van der Waals surface area contributed by atoms with Crippen LogP contribution in [0.15, 0.2) is 49.1 Å². The van der Waals surface area contributed by atoms with E-state index in [1.54, 1.807) is 0 Å². The molecule has 0 spiro atoms. The quantitative estimate of drug-likeness (QED) is 0.557. The molecule has 63 valence electrons. The van der Waals surface area contributed by atoms with Crippen LogP contribution in [-0.2, 0) is 0 Å². The fourth-order valence-corrected chi connectivity index (χ4v) is 0.556. The molecule has 2 N–H and O–H groups in total. The van der Waals surface area contributed by atoms with Gasteiger partial charge in [0.2, 0.25) is 0 Å². The second-order valence-electron chi connectivity index (χ2n) is 1.77. The number of halogens is 1. The Hall–Kier alpha value is -1.45. The summed E-state index contributed by atoms with van der Waals surface area (Å²) in [4.78, 5) is 5.72. The zero-order chi connectivity index (χ0) is 7.07. The number of hydrogen-bond acceptors (Lipinski definition) is 0. The molecule has 0 saturated heterocycles. The van der Waals surface area contributed by atoms with E-state index in [2.05, 4.69) is 9.97 Å². The van der Waals surface area contributed by atoms with E-state index < -0.39 is 0 Å². The lowest BCUT2D eigenvalue weighted by atomic mass is 10.7. The monoisotopic (exact) mass is 165 g/mol. The van der Waals surface area contributed by atoms with Crippen molar-refractivity contribution in [2.24, 2.45) is 0 Å². The Kier molecular flexibility index (Phi) is 10.5. The maximum absolute atomic E-state index is 2.86. The topological polar surface area (TPSA) is 31.6 Å². The van der Waals surface area contributed by atoms with Gasteiger partial charge < -0.3 is 9.97 Å². The highest BCUT2D eigenvalue weighted by Gasteiger charge is 1.56. The number of nitrogens with one attached hydrogen (secondary N) is 2. The molecular weight excluding hydrogens is 154 g/mol. The lowest BCUT2D eigenvalue weighted by molar-refractivity contribution is 1.11. The first-order chi connectivity index (χ1) is 5.00. The van der Waals surface area contributed by atoms with Gasteiger partial charge in [-0.05, 0) is 24.3 Å². The van der Waals surface area contributed by atoms with Gasteiger partial charge in [0.1, 0.15) is 0 Å². The Morgan fingerprint density at radius 3 is 0.917 bits per heavy atom. The van der Waals surface area contributed by atoms with Gasteiger partial charge in [0.05, 0.1) is 0 Å². The van der Waals surface area contributed by atoms with Gasteiger partial charge >= 0.3 is 0 Å². The highest BCUT2D eigenvalue weighted by molar-refractivity contribution is 5.75. The zero-order valence-electron chi connectivity index (χ0n) is 6.60. The van der Waals surface area contributed by atoms with Crippen molar-refractivity contribution in [3.63, 3.8) is 0 Å². The molecule has 0 aromatic carbocycles. The summed E-state index contributed by atoms with van der Waals surface area (Å²) in [7, 11) is 0. The van der Waals surface area contributed by atoms with Gasteiger partial charge in [-0.3, -0.25) is 4.70 Å². The van der Waals surface area contributed by atoms with Gasteiger partial charge in [0.25, 0.3) is 0 Å². The normalized spacial score (nSPS) is 6.67. The van der Waals surface area contributed by atoms with Crippen LogP contribution < -0.4 is 0 Å². The zero-order valence-corrected chi connectivity index (χ0v) is 6.60. The van der Waals surface area contributed by atoms with Gasteiger partial charge in [-0.1, -0.05) is 0 Å². The number of aromatic amines is 2. The molecule has 0 fully saturated rings. The van der Waals surface area contributed by atoms with Gasteiger partial charge in [0.15, 0.2) is 0 Å². The lowest BCUT2D eigenvalue weighted by Crippen LogP contribution is -1.38. The third-order valence-electron chi connectivity index (χ3n) is 0.992. The smallest absolute Gasteiger partial charge is 0.000496 e. The van der Waals surface area contributed by atoms with Crippen LogP contribution in [0.4, 0.5) is 4.70 Å². The van der Waals surface area contributed by atoms with E-state index in [1.165, 1.54) is 0 Å². The highest BCUT2D eigenvalue weighted by Crippen LogP contribution is 1.72. The van der Waals surface area contributed by atoms with Crippen LogP contribution in [0.2, 0.25) is 0 Å². The third-order valence-corrected chi connectivity index (χ3v) is 0.992. The fourth-order valence-electron chi connectivity index (χ4n) is 0.556. The standard InChI is InChI=1S/2C4H5N.B.FH/c2*1-2-4-5-3-1;;/h2*1-5H;;1H. The molecule has 12 heavy (non-hydrogen) atoms. The van der Waals surface area contributed by atoms with E-state index in [9.17, 15) is 0 Å². The molecule has 0 unspecified atom stereocenters. The predicted molar refractivity (Wildman–Crippen MR) is 49.8 cm³/mol. The third kappa shape index (κ3) is 6.67. The van der Waals surface area contributed by atoms with E-state index in [4.69, 9.17) is 0 Å². The molecule has 0 atom stereocenters. The molecular formula is C8H11BFN2. The summed E-state index contributed by atoms with van der Waals surface area (Å²) < 4.78 is 0. The summed E-state index contributed by atoms with van der Waals surface area (Å²) in [6, 6.07) is 7.78. The summed E-state index contributed by atoms with van der Waals surface area (Å²) in [6.45, 7) is 0. The Bertz CT molecular complexity index is 156. The van der Waals surface area contributed by atoms with Crippen LogP contribution in [0, 0.1) is 0 Å². The Labute approximate surface area is 73.0 Å². The number of H-pyrrole nitrogens is 2. The summed E-state index contributed by atoms with van der Waals surface area (Å²) >= 11 is 0. The molecule has 0 bridgehead atoms. The van der Waals surface area contributed by atoms with Crippen molar-refractivity contribution in [3.8, 4) is 0 Å². The maximum atomic E-state index is 2.86. The summed E-state index contributed by atoms with van der Waals surface area (Å²) in [5, 5.41) is 0. The summed E-state index contributed by atoms with van der Waals surface area (Å²) in [6.07, 6.45) is 7.50. The SMILES string of the molecule is F.[B].c1cc[nH]c1.c1cc[nH]c1. The van der Waals surface area contributed by atoms with Gasteiger partial charge in [-0.2, -0.15) is 0 Å². The number of hydrogen-bond donors (Lipinski definition) is 2. The molecule has 0 aliphatic rings. The van der Waals surface area contributed by atoms with Crippen molar-refractivity contribution in [3.05, 3.63) is 49.1 Å². The largest absolute Gasteiger partial charge is 0.368 e. The molecule has 0 saturated carbocycles. The van der Waals surface area contributed by atoms with Crippen LogP contribution in [-0.4, -0.2) is 18.4 Å². The van der Waals surface area contributed by atoms with Crippen molar-refractivity contribution in [1.82, 2.24) is 9.97 Å². The van der Waals surface area contributed by atoms with Crippen LogP contribution in [0.5, 0.6) is 0 Å². The second-order valence-corrected chi connectivity index (χ2v) is 1.77. The first kappa shape index (κ1) is 13.2. The molecule has 0 aliphatic heterocycles. The van der Waals surface area contributed by atoms with E-state index in [0.717, 1.165) is 0 Å². The van der Waals surface area contributed by atoms with Gasteiger partial charge in [0, 0.05) is 33.2 Å². The fraction of sp³-hybridized carbons (Fsp3) is 0. The van der Waals surface area contributed by atoms with E-state index in [1.807, 2.05) is 49.1 Å². The molecule has 0 aliphatic carbocycles. The summed E-state index contributed by atoms with van der Waals surface area (Å²) in [5.41, 5.74) is 0. The number of aromatic nitrogens is 2. The molecule has 3 radical (unpaired) electrons. The summed E-state index contributed by atoms with van der Waals surface area (Å²) in [5.74, 6) is 0. The first-order valence-electron chi connectivity index (χ1n) is 3.15. The van der Waals surface area contributed by atoms with E-state index in [0.29, 0.717) is 0 Å². The average Bonchev–Trinajstić information content (AvgIpc) is 2.67. The Morgan fingerprint density at radius 1 is 0.583 bits per heavy atom. The van der Waals surface area contributed by atoms with Crippen LogP contribution >= 0.6 is 0 Å². The van der Waals surface area contributed by atoms with Crippen LogP contribution in [0.1, 0.15) is 0 Å². The van der Waals surface area contributed by atoms with Crippen LogP contribution in [0.3, 0.4) is 0 Å². The van der Waals surface area contributed by atoms with Crippen molar-refractivity contribution >= 4 is 8.41 Å². The molecule has 2 heterocycles. The molecule has 2 aromatic rings. The minimum atomic E-state index is 0. The second kappa shape index (κ2) is 9.55. The molecule has 2 nitrogen and oxygen atoms in total. The molecule has 4 heteroatoms. The Morgan fingerprint density at radius 2 is 0.833 bits per heavy atom. The minimum absolute atomic E-state index is 0. The lowest BCUT2D eigenvalue weighted by Gasteiger charge is -1.49. The maximum Gasteiger partial charge on any atom is 0.000496 e.